The van der Waals surface area contributed by atoms with Crippen LogP contribution in [0.5, 0.6) is 0 Å². The SMILES string of the molecule is CCN(Cc1ccccc1C(F)(F)F)CC1CC1. The van der Waals surface area contributed by atoms with Gasteiger partial charge in [0, 0.05) is 13.1 Å². The zero-order valence-electron chi connectivity index (χ0n) is 10.5. The van der Waals surface area contributed by atoms with Gasteiger partial charge in [0.05, 0.1) is 5.56 Å². The summed E-state index contributed by atoms with van der Waals surface area (Å²) < 4.78 is 38.6. The van der Waals surface area contributed by atoms with Crippen molar-refractivity contribution in [3.05, 3.63) is 35.4 Å². The molecule has 1 aliphatic carbocycles. The third-order valence-electron chi connectivity index (χ3n) is 3.38. The van der Waals surface area contributed by atoms with Crippen LogP contribution in [0.1, 0.15) is 30.9 Å². The maximum absolute atomic E-state index is 12.9. The standard InChI is InChI=1S/C14H18F3N/c1-2-18(9-11-7-8-11)10-12-5-3-4-6-13(12)14(15,16)17/h3-6,11H,2,7-10H2,1H3. The van der Waals surface area contributed by atoms with Crippen molar-refractivity contribution in [2.75, 3.05) is 13.1 Å². The first-order valence-electron chi connectivity index (χ1n) is 6.38. The summed E-state index contributed by atoms with van der Waals surface area (Å²) in [5.74, 6) is 0.697. The van der Waals surface area contributed by atoms with Crippen molar-refractivity contribution in [1.29, 1.82) is 0 Å². The third kappa shape index (κ3) is 3.48. The number of alkyl halides is 3. The van der Waals surface area contributed by atoms with E-state index >= 15 is 0 Å². The number of nitrogens with zero attached hydrogens (tertiary/aromatic N) is 1. The fraction of sp³-hybridized carbons (Fsp3) is 0.571. The molecule has 0 N–H and O–H groups in total. The summed E-state index contributed by atoms with van der Waals surface area (Å²) in [5, 5.41) is 0. The molecule has 0 aromatic heterocycles. The predicted molar refractivity (Wildman–Crippen MR) is 65.1 cm³/mol. The van der Waals surface area contributed by atoms with Gasteiger partial charge in [0.25, 0.3) is 0 Å². The minimum absolute atomic E-state index is 0.382. The summed E-state index contributed by atoms with van der Waals surface area (Å²) in [5.41, 5.74) is -0.119. The molecule has 0 amide bonds. The number of hydrogen-bond acceptors (Lipinski definition) is 1. The van der Waals surface area contributed by atoms with Gasteiger partial charge in [-0.15, -0.1) is 0 Å². The Morgan fingerprint density at radius 3 is 2.44 bits per heavy atom. The monoisotopic (exact) mass is 257 g/mol. The van der Waals surface area contributed by atoms with Gasteiger partial charge in [-0.25, -0.2) is 0 Å². The van der Waals surface area contributed by atoms with Gasteiger partial charge in [-0.3, -0.25) is 4.90 Å². The topological polar surface area (TPSA) is 3.24 Å². The maximum atomic E-state index is 12.9. The van der Waals surface area contributed by atoms with Crippen LogP contribution in [0.2, 0.25) is 0 Å². The van der Waals surface area contributed by atoms with Crippen LogP contribution in [-0.4, -0.2) is 18.0 Å². The first-order valence-corrected chi connectivity index (χ1v) is 6.38. The molecule has 1 saturated carbocycles. The highest BCUT2D eigenvalue weighted by Crippen LogP contribution is 2.33. The molecule has 0 bridgehead atoms. The molecule has 1 aromatic carbocycles. The van der Waals surface area contributed by atoms with Crippen LogP contribution in [0.3, 0.4) is 0 Å². The molecule has 1 aliphatic rings. The number of rotatable bonds is 5. The summed E-state index contributed by atoms with van der Waals surface area (Å²) >= 11 is 0. The van der Waals surface area contributed by atoms with E-state index in [4.69, 9.17) is 0 Å². The molecule has 0 atom stereocenters. The second-order valence-electron chi connectivity index (χ2n) is 4.93. The van der Waals surface area contributed by atoms with E-state index in [1.807, 2.05) is 6.92 Å². The third-order valence-corrected chi connectivity index (χ3v) is 3.38. The van der Waals surface area contributed by atoms with Gasteiger partial charge in [-0.2, -0.15) is 13.2 Å². The highest BCUT2D eigenvalue weighted by atomic mass is 19.4. The molecule has 0 radical (unpaired) electrons. The molecule has 1 nitrogen and oxygen atoms in total. The van der Waals surface area contributed by atoms with Crippen LogP contribution >= 0.6 is 0 Å². The van der Waals surface area contributed by atoms with E-state index in [1.54, 1.807) is 12.1 Å². The zero-order valence-corrected chi connectivity index (χ0v) is 10.5. The van der Waals surface area contributed by atoms with E-state index in [0.29, 0.717) is 18.0 Å². The van der Waals surface area contributed by atoms with Crippen LogP contribution in [0.15, 0.2) is 24.3 Å². The van der Waals surface area contributed by atoms with Crippen LogP contribution in [0.25, 0.3) is 0 Å². The molecule has 0 unspecified atom stereocenters. The van der Waals surface area contributed by atoms with Crippen molar-refractivity contribution in [3.63, 3.8) is 0 Å². The minimum atomic E-state index is -4.25. The minimum Gasteiger partial charge on any atom is -0.299 e. The second-order valence-corrected chi connectivity index (χ2v) is 4.93. The van der Waals surface area contributed by atoms with E-state index in [1.165, 1.54) is 25.0 Å². The fourth-order valence-corrected chi connectivity index (χ4v) is 2.15. The Morgan fingerprint density at radius 2 is 1.89 bits per heavy atom. The lowest BCUT2D eigenvalue weighted by atomic mass is 10.1. The zero-order chi connectivity index (χ0) is 13.2. The highest BCUT2D eigenvalue weighted by Gasteiger charge is 2.33. The lowest BCUT2D eigenvalue weighted by Gasteiger charge is -2.22. The van der Waals surface area contributed by atoms with Crippen molar-refractivity contribution in [1.82, 2.24) is 4.90 Å². The normalized spacial score (nSPS) is 16.3. The fourth-order valence-electron chi connectivity index (χ4n) is 2.15. The lowest BCUT2D eigenvalue weighted by molar-refractivity contribution is -0.138. The van der Waals surface area contributed by atoms with Crippen LogP contribution < -0.4 is 0 Å². The highest BCUT2D eigenvalue weighted by molar-refractivity contribution is 5.29. The quantitative estimate of drug-likeness (QED) is 0.772. The lowest BCUT2D eigenvalue weighted by Crippen LogP contribution is -2.26. The number of halogens is 3. The van der Waals surface area contributed by atoms with E-state index in [0.717, 1.165) is 13.1 Å². The smallest absolute Gasteiger partial charge is 0.299 e. The molecule has 0 heterocycles. The van der Waals surface area contributed by atoms with Gasteiger partial charge in [-0.05, 0) is 36.9 Å². The van der Waals surface area contributed by atoms with Gasteiger partial charge in [0.15, 0.2) is 0 Å². The van der Waals surface area contributed by atoms with Gasteiger partial charge in [-0.1, -0.05) is 25.1 Å². The van der Waals surface area contributed by atoms with E-state index in [9.17, 15) is 13.2 Å². The molecular weight excluding hydrogens is 239 g/mol. The van der Waals surface area contributed by atoms with E-state index < -0.39 is 11.7 Å². The largest absolute Gasteiger partial charge is 0.416 e. The van der Waals surface area contributed by atoms with Crippen LogP contribution in [-0.2, 0) is 12.7 Å². The molecule has 0 aliphatic heterocycles. The summed E-state index contributed by atoms with van der Waals surface area (Å²) in [6.07, 6.45) is -1.82. The summed E-state index contributed by atoms with van der Waals surface area (Å²) in [7, 11) is 0. The van der Waals surface area contributed by atoms with Crippen molar-refractivity contribution in [2.45, 2.75) is 32.5 Å². The van der Waals surface area contributed by atoms with Crippen LogP contribution in [0.4, 0.5) is 13.2 Å². The molecule has 18 heavy (non-hydrogen) atoms. The van der Waals surface area contributed by atoms with Gasteiger partial charge >= 0.3 is 6.18 Å². The van der Waals surface area contributed by atoms with Gasteiger partial charge in [0.1, 0.15) is 0 Å². The molecule has 1 fully saturated rings. The number of hydrogen-bond donors (Lipinski definition) is 0. The van der Waals surface area contributed by atoms with Crippen molar-refractivity contribution in [3.8, 4) is 0 Å². The second kappa shape index (κ2) is 5.31. The summed E-state index contributed by atoms with van der Waals surface area (Å²) in [6, 6.07) is 5.87. The Balaban J connectivity index is 2.11. The molecule has 4 heteroatoms. The average molecular weight is 257 g/mol. The Bertz CT molecular complexity index is 396. The van der Waals surface area contributed by atoms with Crippen molar-refractivity contribution < 1.29 is 13.2 Å². The summed E-state index contributed by atoms with van der Waals surface area (Å²) in [6.45, 7) is 4.10. The molecular formula is C14H18F3N. The van der Waals surface area contributed by atoms with Gasteiger partial charge < -0.3 is 0 Å². The molecule has 2 rings (SSSR count). The predicted octanol–water partition coefficient (Wildman–Crippen LogP) is 3.94. The Labute approximate surface area is 106 Å². The van der Waals surface area contributed by atoms with Crippen LogP contribution in [0, 0.1) is 5.92 Å². The number of benzene rings is 1. The van der Waals surface area contributed by atoms with Gasteiger partial charge in [0.2, 0.25) is 0 Å². The Morgan fingerprint density at radius 1 is 1.22 bits per heavy atom. The maximum Gasteiger partial charge on any atom is 0.416 e. The molecule has 1 aromatic rings. The average Bonchev–Trinajstić information content (AvgIpc) is 3.11. The first kappa shape index (κ1) is 13.4. The van der Waals surface area contributed by atoms with E-state index in [2.05, 4.69) is 4.90 Å². The Hall–Kier alpha value is -1.03. The van der Waals surface area contributed by atoms with Crippen molar-refractivity contribution in [2.24, 2.45) is 5.92 Å². The van der Waals surface area contributed by atoms with Crippen molar-refractivity contribution >= 4 is 0 Å². The molecule has 100 valence electrons. The Kier molecular flexibility index (Phi) is 3.95. The van der Waals surface area contributed by atoms with E-state index in [-0.39, 0.29) is 0 Å². The summed E-state index contributed by atoms with van der Waals surface area (Å²) in [4.78, 5) is 2.10. The molecule has 0 spiro atoms. The molecule has 0 saturated heterocycles. The first-order chi connectivity index (χ1) is 8.50.